The molecule has 124 valence electrons. The van der Waals surface area contributed by atoms with Crippen molar-refractivity contribution < 1.29 is 9.53 Å². The zero-order valence-corrected chi connectivity index (χ0v) is 13.8. The van der Waals surface area contributed by atoms with Crippen LogP contribution in [0.5, 0.6) is 0 Å². The first-order valence-corrected chi connectivity index (χ1v) is 8.70. The van der Waals surface area contributed by atoms with Crippen molar-refractivity contribution in [2.45, 2.75) is 51.5 Å². The van der Waals surface area contributed by atoms with E-state index >= 15 is 0 Å². The number of nitrogens with zero attached hydrogens (tertiary/aromatic N) is 3. The number of likely N-dealkylation sites (tertiary alicyclic amines) is 1. The van der Waals surface area contributed by atoms with E-state index in [4.69, 9.17) is 10.00 Å². The van der Waals surface area contributed by atoms with Crippen molar-refractivity contribution in [3.8, 4) is 6.07 Å². The van der Waals surface area contributed by atoms with Gasteiger partial charge in [-0.25, -0.2) is 0 Å². The van der Waals surface area contributed by atoms with Crippen molar-refractivity contribution in [1.29, 1.82) is 5.26 Å². The quantitative estimate of drug-likeness (QED) is 0.753. The van der Waals surface area contributed by atoms with Crippen molar-refractivity contribution in [3.05, 3.63) is 0 Å². The van der Waals surface area contributed by atoms with Gasteiger partial charge in [-0.2, -0.15) is 5.26 Å². The Labute approximate surface area is 134 Å². The standard InChI is InChI=1S/C17H29N3O2/c1-15(19-9-4-2-3-5-10-19)17(21)20(11-6-8-18)13-16-7-12-22-14-16/h15-16H,2-7,9-14H2,1H3/t15-,16+/m1/s1. The first-order chi connectivity index (χ1) is 10.7. The molecule has 22 heavy (non-hydrogen) atoms. The van der Waals surface area contributed by atoms with Crippen molar-refractivity contribution in [3.63, 3.8) is 0 Å². The maximum atomic E-state index is 12.9. The molecule has 0 bridgehead atoms. The number of amides is 1. The molecule has 5 nitrogen and oxygen atoms in total. The topological polar surface area (TPSA) is 56.6 Å². The lowest BCUT2D eigenvalue weighted by atomic mass is 10.1. The fourth-order valence-electron chi connectivity index (χ4n) is 3.42. The van der Waals surface area contributed by atoms with Gasteiger partial charge in [0.15, 0.2) is 0 Å². The van der Waals surface area contributed by atoms with Gasteiger partial charge in [0.1, 0.15) is 0 Å². The molecule has 2 aliphatic heterocycles. The maximum absolute atomic E-state index is 12.9. The Balaban J connectivity index is 1.94. The Morgan fingerprint density at radius 3 is 2.68 bits per heavy atom. The monoisotopic (exact) mass is 307 g/mol. The molecule has 0 aromatic carbocycles. The number of hydrogen-bond donors (Lipinski definition) is 0. The Hall–Kier alpha value is -1.12. The van der Waals surface area contributed by atoms with Gasteiger partial charge in [-0.3, -0.25) is 9.69 Å². The van der Waals surface area contributed by atoms with Crippen molar-refractivity contribution in [1.82, 2.24) is 9.80 Å². The fourth-order valence-corrected chi connectivity index (χ4v) is 3.42. The molecule has 5 heteroatoms. The molecule has 2 saturated heterocycles. The van der Waals surface area contributed by atoms with E-state index in [0.717, 1.165) is 39.3 Å². The third-order valence-electron chi connectivity index (χ3n) is 4.85. The molecule has 0 aliphatic carbocycles. The average molecular weight is 307 g/mol. The van der Waals surface area contributed by atoms with E-state index in [-0.39, 0.29) is 11.9 Å². The first kappa shape index (κ1) is 17.2. The predicted octanol–water partition coefficient (Wildman–Crippen LogP) is 2.03. The van der Waals surface area contributed by atoms with Crippen LogP contribution in [-0.4, -0.2) is 61.1 Å². The minimum Gasteiger partial charge on any atom is -0.381 e. The van der Waals surface area contributed by atoms with Gasteiger partial charge < -0.3 is 9.64 Å². The highest BCUT2D eigenvalue weighted by atomic mass is 16.5. The summed E-state index contributed by atoms with van der Waals surface area (Å²) in [6.45, 7) is 6.89. The van der Waals surface area contributed by atoms with Crippen molar-refractivity contribution in [2.75, 3.05) is 39.4 Å². The van der Waals surface area contributed by atoms with Crippen LogP contribution in [0.2, 0.25) is 0 Å². The van der Waals surface area contributed by atoms with E-state index in [9.17, 15) is 4.79 Å². The Morgan fingerprint density at radius 2 is 2.09 bits per heavy atom. The summed E-state index contributed by atoms with van der Waals surface area (Å²) in [6, 6.07) is 2.10. The molecule has 0 N–H and O–H groups in total. The van der Waals surface area contributed by atoms with Crippen LogP contribution in [0.4, 0.5) is 0 Å². The number of carbonyl (C=O) groups is 1. The highest BCUT2D eigenvalue weighted by molar-refractivity contribution is 5.81. The van der Waals surface area contributed by atoms with Crippen LogP contribution in [-0.2, 0) is 9.53 Å². The van der Waals surface area contributed by atoms with E-state index < -0.39 is 0 Å². The molecule has 0 unspecified atom stereocenters. The molecule has 0 spiro atoms. The molecule has 0 radical (unpaired) electrons. The van der Waals surface area contributed by atoms with E-state index in [2.05, 4.69) is 11.0 Å². The second-order valence-electron chi connectivity index (χ2n) is 6.55. The Morgan fingerprint density at radius 1 is 1.36 bits per heavy atom. The van der Waals surface area contributed by atoms with Gasteiger partial charge in [-0.05, 0) is 39.3 Å². The molecule has 2 aliphatic rings. The third kappa shape index (κ3) is 4.96. The molecule has 2 atom stereocenters. The van der Waals surface area contributed by atoms with Crippen LogP contribution in [0.25, 0.3) is 0 Å². The van der Waals surface area contributed by atoms with E-state index in [1.807, 2.05) is 11.8 Å². The molecule has 2 rings (SSSR count). The molecule has 2 heterocycles. The molecular weight excluding hydrogens is 278 g/mol. The van der Waals surface area contributed by atoms with E-state index in [0.29, 0.717) is 18.9 Å². The summed E-state index contributed by atoms with van der Waals surface area (Å²) in [5, 5.41) is 8.86. The van der Waals surface area contributed by atoms with Crippen molar-refractivity contribution >= 4 is 5.91 Å². The smallest absolute Gasteiger partial charge is 0.239 e. The van der Waals surface area contributed by atoms with Crippen LogP contribution >= 0.6 is 0 Å². The van der Waals surface area contributed by atoms with Crippen LogP contribution in [0.15, 0.2) is 0 Å². The molecule has 0 saturated carbocycles. The summed E-state index contributed by atoms with van der Waals surface area (Å²) in [6.07, 6.45) is 6.35. The number of nitriles is 1. The second-order valence-corrected chi connectivity index (χ2v) is 6.55. The van der Waals surface area contributed by atoms with Gasteiger partial charge in [0.25, 0.3) is 0 Å². The predicted molar refractivity (Wildman–Crippen MR) is 85.2 cm³/mol. The van der Waals surface area contributed by atoms with Crippen LogP contribution < -0.4 is 0 Å². The van der Waals surface area contributed by atoms with Crippen molar-refractivity contribution in [2.24, 2.45) is 5.92 Å². The highest BCUT2D eigenvalue weighted by Crippen LogP contribution is 2.17. The summed E-state index contributed by atoms with van der Waals surface area (Å²) < 4.78 is 5.42. The molecule has 1 amide bonds. The van der Waals surface area contributed by atoms with Crippen LogP contribution in [0.3, 0.4) is 0 Å². The number of hydrogen-bond acceptors (Lipinski definition) is 4. The third-order valence-corrected chi connectivity index (χ3v) is 4.85. The molecular formula is C17H29N3O2. The summed E-state index contributed by atoms with van der Waals surface area (Å²) in [7, 11) is 0. The minimum atomic E-state index is -0.0703. The van der Waals surface area contributed by atoms with Gasteiger partial charge in [-0.1, -0.05) is 12.8 Å². The fraction of sp³-hybridized carbons (Fsp3) is 0.882. The number of carbonyl (C=O) groups excluding carboxylic acids is 1. The number of ether oxygens (including phenoxy) is 1. The maximum Gasteiger partial charge on any atom is 0.239 e. The zero-order chi connectivity index (χ0) is 15.8. The summed E-state index contributed by atoms with van der Waals surface area (Å²) in [5.74, 6) is 0.614. The van der Waals surface area contributed by atoms with E-state index in [1.54, 1.807) is 0 Å². The molecule has 0 aromatic heterocycles. The lowest BCUT2D eigenvalue weighted by molar-refractivity contribution is -0.137. The van der Waals surface area contributed by atoms with Gasteiger partial charge in [-0.15, -0.1) is 0 Å². The van der Waals surface area contributed by atoms with Gasteiger partial charge in [0, 0.05) is 25.6 Å². The lowest BCUT2D eigenvalue weighted by Gasteiger charge is -2.33. The highest BCUT2D eigenvalue weighted by Gasteiger charge is 2.28. The SMILES string of the molecule is C[C@H](C(=O)N(CCC#N)C[C@@H]1CCOC1)N1CCCCCC1. The lowest BCUT2D eigenvalue weighted by Crippen LogP contribution is -2.49. The minimum absolute atomic E-state index is 0.0703. The van der Waals surface area contributed by atoms with E-state index in [1.165, 1.54) is 25.7 Å². The summed E-state index contributed by atoms with van der Waals surface area (Å²) in [4.78, 5) is 17.1. The molecule has 2 fully saturated rings. The Bertz CT molecular complexity index is 380. The average Bonchev–Trinajstić information content (AvgIpc) is 2.89. The largest absolute Gasteiger partial charge is 0.381 e. The second kappa shape index (κ2) is 9.12. The first-order valence-electron chi connectivity index (χ1n) is 8.70. The summed E-state index contributed by atoms with van der Waals surface area (Å²) in [5.41, 5.74) is 0. The number of rotatable bonds is 6. The van der Waals surface area contributed by atoms with Crippen LogP contribution in [0, 0.1) is 17.2 Å². The summed E-state index contributed by atoms with van der Waals surface area (Å²) >= 11 is 0. The van der Waals surface area contributed by atoms with Gasteiger partial charge >= 0.3 is 0 Å². The molecule has 0 aromatic rings. The van der Waals surface area contributed by atoms with Crippen LogP contribution in [0.1, 0.15) is 45.4 Å². The Kier molecular flexibility index (Phi) is 7.14. The zero-order valence-electron chi connectivity index (χ0n) is 13.8. The normalized spacial score (nSPS) is 24.5. The van der Waals surface area contributed by atoms with Gasteiger partial charge in [0.2, 0.25) is 5.91 Å². The van der Waals surface area contributed by atoms with Gasteiger partial charge in [0.05, 0.1) is 25.1 Å².